The molecule has 0 aliphatic carbocycles. The van der Waals surface area contributed by atoms with E-state index in [4.69, 9.17) is 31.4 Å². The zero-order valence-corrected chi connectivity index (χ0v) is 25.9. The molecule has 9 nitrogen and oxygen atoms in total. The molecule has 3 saturated heterocycles. The largest absolute Gasteiger partial charge is 0.378 e. The Labute approximate surface area is 240 Å². The van der Waals surface area contributed by atoms with Gasteiger partial charge in [0.25, 0.3) is 0 Å². The molecule has 0 bridgehead atoms. The molecule has 3 fully saturated rings. The topological polar surface area (TPSA) is 74.9 Å². The third kappa shape index (κ3) is 5.67. The van der Waals surface area contributed by atoms with Crippen molar-refractivity contribution >= 4 is 71.4 Å². The molecule has 0 N–H and O–H groups in total. The number of rotatable bonds is 4. The van der Waals surface area contributed by atoms with Gasteiger partial charge in [-0.25, -0.2) is 15.0 Å². The average molecular weight is 603 g/mol. The van der Waals surface area contributed by atoms with Crippen molar-refractivity contribution < 1.29 is 4.74 Å². The number of halogens is 1. The fourth-order valence-electron chi connectivity index (χ4n) is 5.59. The van der Waals surface area contributed by atoms with Gasteiger partial charge in [-0.1, -0.05) is 19.6 Å². The minimum Gasteiger partial charge on any atom is -0.378 e. The summed E-state index contributed by atoms with van der Waals surface area (Å²) in [5.41, 5.74) is 2.84. The Morgan fingerprint density at radius 1 is 0.923 bits per heavy atom. The van der Waals surface area contributed by atoms with Gasteiger partial charge in [0.05, 0.1) is 30.5 Å². The summed E-state index contributed by atoms with van der Waals surface area (Å²) in [5, 5.41) is 6.84. The molecule has 0 spiro atoms. The van der Waals surface area contributed by atoms with Crippen LogP contribution in [0.4, 0.5) is 17.5 Å². The van der Waals surface area contributed by atoms with Crippen molar-refractivity contribution in [2.24, 2.45) is 0 Å². The highest BCUT2D eigenvalue weighted by atomic mass is 35.5. The first-order chi connectivity index (χ1) is 19.2. The van der Waals surface area contributed by atoms with Crippen molar-refractivity contribution in [2.75, 3.05) is 60.6 Å². The predicted octanol–water partition coefficient (Wildman–Crippen LogP) is 5.35. The molecule has 0 amide bonds. The number of ether oxygens (including phenoxy) is 1. The Morgan fingerprint density at radius 3 is 2.51 bits per heavy atom. The van der Waals surface area contributed by atoms with E-state index in [1.54, 1.807) is 6.33 Å². The monoisotopic (exact) mass is 602 g/mol. The van der Waals surface area contributed by atoms with E-state index in [-0.39, 0.29) is 6.04 Å². The van der Waals surface area contributed by atoms with Crippen molar-refractivity contribution in [2.45, 2.75) is 31.7 Å². The van der Waals surface area contributed by atoms with Crippen LogP contribution in [0.15, 0.2) is 36.7 Å². The van der Waals surface area contributed by atoms with Gasteiger partial charge >= 0.3 is 0 Å². The van der Waals surface area contributed by atoms with Gasteiger partial charge in [-0.2, -0.15) is 9.61 Å². The fraction of sp³-hybridized carbons (Fsp3) is 0.462. The third-order valence-corrected chi connectivity index (χ3v) is 7.86. The quantitative estimate of drug-likeness (QED) is 0.290. The Balaban J connectivity index is 0.000000883. The van der Waals surface area contributed by atoms with Gasteiger partial charge < -0.3 is 19.4 Å². The number of aromatic nitrogens is 5. The average Bonchev–Trinajstić information content (AvgIpc) is 3.36. The van der Waals surface area contributed by atoms with E-state index >= 15 is 0 Å². The molecular formula is C26H34ClN8OP3. The van der Waals surface area contributed by atoms with Crippen LogP contribution in [0.1, 0.15) is 37.4 Å². The summed E-state index contributed by atoms with van der Waals surface area (Å²) in [5.74, 6) is 3.06. The number of morpholine rings is 1. The molecule has 3 aliphatic rings. The lowest BCUT2D eigenvalue weighted by molar-refractivity contribution is 0.122. The molecule has 6 heterocycles. The molecular weight excluding hydrogens is 569 g/mol. The van der Waals surface area contributed by atoms with Gasteiger partial charge in [-0.15, -0.1) is 17.9 Å². The first-order valence-electron chi connectivity index (χ1n) is 13.5. The molecule has 13 heteroatoms. The lowest BCUT2D eigenvalue weighted by Crippen LogP contribution is -2.40. The molecule has 1 aromatic carbocycles. The molecule has 39 heavy (non-hydrogen) atoms. The standard InChI is InChI=1S/C26H29ClN8O.H5P3/c27-18-5-6-20-19(14-18)26(29-17-28-20)34-9-2-1-4-22(34)21-15-24-30-23(32-7-3-8-32)16-25(35(24)31-21)33-10-12-36-13-11-33;1-3-2/h5-6,14-17,22H,1-4,7-13H2;3H,1-2H2/t22-;/m1./s1. The van der Waals surface area contributed by atoms with E-state index < -0.39 is 0 Å². The van der Waals surface area contributed by atoms with Crippen molar-refractivity contribution in [1.29, 1.82) is 0 Å². The van der Waals surface area contributed by atoms with E-state index in [9.17, 15) is 0 Å². The van der Waals surface area contributed by atoms with Gasteiger partial charge in [0, 0.05) is 55.3 Å². The van der Waals surface area contributed by atoms with Crippen LogP contribution >= 0.6 is 37.4 Å². The maximum absolute atomic E-state index is 6.37. The number of benzene rings is 1. The summed E-state index contributed by atoms with van der Waals surface area (Å²) in [7, 11) is 6.06. The second-order valence-corrected chi connectivity index (χ2v) is 14.8. The Hall–Kier alpha value is -1.88. The minimum atomic E-state index is 0.113. The number of anilines is 3. The Morgan fingerprint density at radius 2 is 1.74 bits per heavy atom. The lowest BCUT2D eigenvalue weighted by atomic mass is 9.99. The maximum atomic E-state index is 6.37. The predicted molar refractivity (Wildman–Crippen MR) is 169 cm³/mol. The highest BCUT2D eigenvalue weighted by molar-refractivity contribution is 8.33. The van der Waals surface area contributed by atoms with E-state index in [2.05, 4.69) is 49.7 Å². The maximum Gasteiger partial charge on any atom is 0.160 e. The number of fused-ring (bicyclic) bond motifs is 2. The zero-order valence-electron chi connectivity index (χ0n) is 21.8. The van der Waals surface area contributed by atoms with Crippen LogP contribution in [0.25, 0.3) is 16.6 Å². The van der Waals surface area contributed by atoms with Crippen molar-refractivity contribution in [1.82, 2.24) is 24.6 Å². The van der Waals surface area contributed by atoms with Crippen LogP contribution in [0, 0.1) is 0 Å². The van der Waals surface area contributed by atoms with Crippen molar-refractivity contribution in [3.8, 4) is 0 Å². The van der Waals surface area contributed by atoms with Crippen LogP contribution in [-0.2, 0) is 4.74 Å². The van der Waals surface area contributed by atoms with E-state index in [1.807, 2.05) is 22.7 Å². The number of hydrogen-bond donors (Lipinski definition) is 0. The smallest absolute Gasteiger partial charge is 0.160 e. The van der Waals surface area contributed by atoms with Gasteiger partial charge in [0.15, 0.2) is 5.65 Å². The second-order valence-electron chi connectivity index (χ2n) is 9.98. The summed E-state index contributed by atoms with van der Waals surface area (Å²) in [4.78, 5) is 21.3. The highest BCUT2D eigenvalue weighted by Crippen LogP contribution is 2.38. The first-order valence-corrected chi connectivity index (χ1v) is 18.5. The summed E-state index contributed by atoms with van der Waals surface area (Å²) in [6.07, 6.45) is 6.16. The van der Waals surface area contributed by atoms with Gasteiger partial charge in [0.2, 0.25) is 0 Å². The number of hydrogen-bond acceptors (Lipinski definition) is 8. The third-order valence-electron chi connectivity index (χ3n) is 7.62. The highest BCUT2D eigenvalue weighted by Gasteiger charge is 2.30. The van der Waals surface area contributed by atoms with Gasteiger partial charge in [0.1, 0.15) is 23.8 Å². The van der Waals surface area contributed by atoms with Crippen LogP contribution < -0.4 is 14.7 Å². The molecule has 3 aromatic heterocycles. The second kappa shape index (κ2) is 12.3. The Bertz CT molecular complexity index is 1450. The van der Waals surface area contributed by atoms with Crippen molar-refractivity contribution in [3.05, 3.63) is 47.4 Å². The van der Waals surface area contributed by atoms with E-state index in [0.29, 0.717) is 5.02 Å². The zero-order chi connectivity index (χ0) is 26.8. The molecule has 4 aromatic rings. The van der Waals surface area contributed by atoms with Crippen molar-refractivity contribution in [3.63, 3.8) is 0 Å². The molecule has 0 radical (unpaired) electrons. The first kappa shape index (κ1) is 27.3. The summed E-state index contributed by atoms with van der Waals surface area (Å²) in [6, 6.07) is 10.3. The number of piperidine rings is 1. The number of nitrogens with zero attached hydrogens (tertiary/aromatic N) is 8. The van der Waals surface area contributed by atoms with Crippen LogP contribution in [0.2, 0.25) is 5.02 Å². The summed E-state index contributed by atoms with van der Waals surface area (Å²) in [6.45, 7) is 6.22. The SMILES string of the molecule is Clc1ccc2ncnc(N3CCCC[C@@H]3c3cc4nc(N5CCC5)cc(N5CCOCC5)n4n3)c2c1.PPP. The molecule has 0 saturated carbocycles. The van der Waals surface area contributed by atoms with Crippen LogP contribution in [-0.4, -0.2) is 70.5 Å². The van der Waals surface area contributed by atoms with Gasteiger partial charge in [-0.3, -0.25) is 0 Å². The van der Waals surface area contributed by atoms with E-state index in [1.165, 1.54) is 6.42 Å². The van der Waals surface area contributed by atoms with Gasteiger partial charge in [-0.05, 0) is 43.9 Å². The molecule has 2 unspecified atom stereocenters. The van der Waals surface area contributed by atoms with E-state index in [0.717, 1.165) is 113 Å². The molecule has 7 rings (SSSR count). The Kier molecular flexibility index (Phi) is 8.63. The lowest BCUT2D eigenvalue weighted by Gasteiger charge is -2.36. The molecule has 3 aliphatic heterocycles. The fourth-order valence-corrected chi connectivity index (χ4v) is 5.76. The van der Waals surface area contributed by atoms with Crippen LogP contribution in [0.5, 0.6) is 0 Å². The van der Waals surface area contributed by atoms with Crippen LogP contribution in [0.3, 0.4) is 0 Å². The molecule has 206 valence electrons. The normalized spacial score (nSPS) is 19.7. The summed E-state index contributed by atoms with van der Waals surface area (Å²) >= 11 is 6.37. The molecule has 3 atom stereocenters. The minimum absolute atomic E-state index is 0.113. The summed E-state index contributed by atoms with van der Waals surface area (Å²) < 4.78 is 7.66.